The van der Waals surface area contributed by atoms with Crippen molar-refractivity contribution in [1.82, 2.24) is 5.32 Å². The average Bonchev–Trinajstić information content (AvgIpc) is 2.57. The van der Waals surface area contributed by atoms with Crippen LogP contribution in [0.3, 0.4) is 0 Å². The van der Waals surface area contributed by atoms with Crippen LogP contribution in [0.5, 0.6) is 0 Å². The molecule has 1 N–H and O–H groups in total. The summed E-state index contributed by atoms with van der Waals surface area (Å²) in [5.41, 5.74) is 2.72. The Balaban J connectivity index is 2.05. The molecule has 0 fully saturated rings. The molecule has 0 saturated carbocycles. The maximum Gasteiger partial charge on any atom is 0.0477 e. The highest BCUT2D eigenvalue weighted by atomic mass is 16.5. The second-order valence-corrected chi connectivity index (χ2v) is 5.59. The van der Waals surface area contributed by atoms with Gasteiger partial charge in [-0.3, -0.25) is 0 Å². The van der Waals surface area contributed by atoms with Gasteiger partial charge in [-0.1, -0.05) is 60.7 Å². The Morgan fingerprint density at radius 2 is 1.45 bits per heavy atom. The smallest absolute Gasteiger partial charge is 0.0477 e. The molecule has 0 bridgehead atoms. The van der Waals surface area contributed by atoms with Crippen LogP contribution in [0.4, 0.5) is 0 Å². The van der Waals surface area contributed by atoms with Crippen molar-refractivity contribution in [3.05, 3.63) is 71.8 Å². The van der Waals surface area contributed by atoms with E-state index in [9.17, 15) is 0 Å². The zero-order chi connectivity index (χ0) is 15.6. The Hall–Kier alpha value is -1.64. The molecule has 1 unspecified atom stereocenters. The van der Waals surface area contributed by atoms with Crippen LogP contribution >= 0.6 is 0 Å². The minimum atomic E-state index is 0.370. The second kappa shape index (κ2) is 9.39. The van der Waals surface area contributed by atoms with E-state index in [0.717, 1.165) is 26.2 Å². The van der Waals surface area contributed by atoms with E-state index in [2.05, 4.69) is 72.9 Å². The summed E-state index contributed by atoms with van der Waals surface area (Å²) in [7, 11) is 0. The summed E-state index contributed by atoms with van der Waals surface area (Å²) < 4.78 is 5.41. The van der Waals surface area contributed by atoms with Crippen molar-refractivity contribution in [3.8, 4) is 0 Å². The van der Waals surface area contributed by atoms with Crippen LogP contribution in [-0.4, -0.2) is 25.8 Å². The minimum Gasteiger partial charge on any atom is -0.382 e. The fourth-order valence-corrected chi connectivity index (χ4v) is 2.86. The third kappa shape index (κ3) is 4.97. The molecule has 0 aromatic heterocycles. The highest BCUT2D eigenvalue weighted by molar-refractivity contribution is 5.34. The van der Waals surface area contributed by atoms with Gasteiger partial charge in [0, 0.05) is 25.2 Å². The fraction of sp³-hybridized carbons (Fsp3) is 0.400. The molecular formula is C20H27NO. The van der Waals surface area contributed by atoms with Gasteiger partial charge in [0.2, 0.25) is 0 Å². The Kier molecular flexibility index (Phi) is 7.14. The van der Waals surface area contributed by atoms with Crippen LogP contribution in [0.25, 0.3) is 0 Å². The Morgan fingerprint density at radius 3 is 1.95 bits per heavy atom. The van der Waals surface area contributed by atoms with E-state index in [0.29, 0.717) is 12.0 Å². The van der Waals surface area contributed by atoms with Gasteiger partial charge in [0.25, 0.3) is 0 Å². The Morgan fingerprint density at radius 1 is 0.909 bits per heavy atom. The Bertz CT molecular complexity index is 472. The predicted octanol–water partition coefficient (Wildman–Crippen LogP) is 4.22. The SMILES string of the molecule is CCOCCCNC(C)C(c1ccccc1)c1ccccc1. The largest absolute Gasteiger partial charge is 0.382 e. The molecule has 0 saturated heterocycles. The molecular weight excluding hydrogens is 270 g/mol. The van der Waals surface area contributed by atoms with Crippen molar-refractivity contribution >= 4 is 0 Å². The average molecular weight is 297 g/mol. The summed E-state index contributed by atoms with van der Waals surface area (Å²) in [6.07, 6.45) is 1.05. The number of benzene rings is 2. The van der Waals surface area contributed by atoms with E-state index in [1.807, 2.05) is 6.92 Å². The van der Waals surface area contributed by atoms with Crippen molar-refractivity contribution in [2.24, 2.45) is 0 Å². The van der Waals surface area contributed by atoms with Gasteiger partial charge in [-0.15, -0.1) is 0 Å². The third-order valence-corrected chi connectivity index (χ3v) is 3.95. The van der Waals surface area contributed by atoms with Crippen molar-refractivity contribution < 1.29 is 4.74 Å². The third-order valence-electron chi connectivity index (χ3n) is 3.95. The van der Waals surface area contributed by atoms with E-state index in [-0.39, 0.29) is 0 Å². The number of hydrogen-bond donors (Lipinski definition) is 1. The highest BCUT2D eigenvalue weighted by Gasteiger charge is 2.20. The molecule has 118 valence electrons. The van der Waals surface area contributed by atoms with E-state index in [4.69, 9.17) is 4.74 Å². The minimum absolute atomic E-state index is 0.370. The Labute approximate surface area is 134 Å². The van der Waals surface area contributed by atoms with Gasteiger partial charge in [-0.05, 0) is 37.9 Å². The van der Waals surface area contributed by atoms with Crippen LogP contribution in [0, 0.1) is 0 Å². The lowest BCUT2D eigenvalue weighted by molar-refractivity contribution is 0.144. The van der Waals surface area contributed by atoms with E-state index in [1.165, 1.54) is 11.1 Å². The second-order valence-electron chi connectivity index (χ2n) is 5.59. The maximum absolute atomic E-state index is 5.41. The van der Waals surface area contributed by atoms with E-state index >= 15 is 0 Å². The fourth-order valence-electron chi connectivity index (χ4n) is 2.86. The first-order valence-electron chi connectivity index (χ1n) is 8.24. The normalized spacial score (nSPS) is 12.5. The quantitative estimate of drug-likeness (QED) is 0.700. The molecule has 2 heteroatoms. The van der Waals surface area contributed by atoms with Gasteiger partial charge in [-0.2, -0.15) is 0 Å². The lowest BCUT2D eigenvalue weighted by atomic mass is 9.86. The van der Waals surface area contributed by atoms with Crippen LogP contribution in [0.2, 0.25) is 0 Å². The number of ether oxygens (including phenoxy) is 1. The van der Waals surface area contributed by atoms with Crippen LogP contribution in [-0.2, 0) is 4.74 Å². The van der Waals surface area contributed by atoms with Crippen LogP contribution in [0.1, 0.15) is 37.3 Å². The van der Waals surface area contributed by atoms with E-state index in [1.54, 1.807) is 0 Å². The lowest BCUT2D eigenvalue weighted by Gasteiger charge is -2.26. The highest BCUT2D eigenvalue weighted by Crippen LogP contribution is 2.27. The summed E-state index contributed by atoms with van der Waals surface area (Å²) in [6.45, 7) is 6.92. The summed E-state index contributed by atoms with van der Waals surface area (Å²) in [5, 5.41) is 3.66. The maximum atomic E-state index is 5.41. The molecule has 2 nitrogen and oxygen atoms in total. The zero-order valence-corrected chi connectivity index (χ0v) is 13.7. The lowest BCUT2D eigenvalue weighted by Crippen LogP contribution is -2.34. The first-order chi connectivity index (χ1) is 10.8. The van der Waals surface area contributed by atoms with Gasteiger partial charge >= 0.3 is 0 Å². The van der Waals surface area contributed by atoms with Gasteiger partial charge in [0.15, 0.2) is 0 Å². The van der Waals surface area contributed by atoms with Gasteiger partial charge < -0.3 is 10.1 Å². The monoisotopic (exact) mass is 297 g/mol. The summed E-state index contributed by atoms with van der Waals surface area (Å²) in [5.74, 6) is 0.370. The van der Waals surface area contributed by atoms with Gasteiger partial charge in [0.05, 0.1) is 0 Å². The van der Waals surface area contributed by atoms with Gasteiger partial charge in [0.1, 0.15) is 0 Å². The summed E-state index contributed by atoms with van der Waals surface area (Å²) in [4.78, 5) is 0. The molecule has 1 atom stereocenters. The van der Waals surface area contributed by atoms with Crippen LogP contribution < -0.4 is 5.32 Å². The molecule has 2 aromatic carbocycles. The molecule has 0 spiro atoms. The van der Waals surface area contributed by atoms with Crippen molar-refractivity contribution in [3.63, 3.8) is 0 Å². The molecule has 0 aliphatic rings. The zero-order valence-electron chi connectivity index (χ0n) is 13.7. The summed E-state index contributed by atoms with van der Waals surface area (Å²) in [6, 6.07) is 21.9. The molecule has 0 aliphatic carbocycles. The van der Waals surface area contributed by atoms with Crippen molar-refractivity contribution in [2.45, 2.75) is 32.2 Å². The van der Waals surface area contributed by atoms with Crippen LogP contribution in [0.15, 0.2) is 60.7 Å². The first kappa shape index (κ1) is 16.7. The number of nitrogens with one attached hydrogen (secondary N) is 1. The standard InChI is InChI=1S/C20H27NO/c1-3-22-16-10-15-21-17(2)20(18-11-6-4-7-12-18)19-13-8-5-9-14-19/h4-9,11-14,17,20-21H,3,10,15-16H2,1-2H3. The first-order valence-corrected chi connectivity index (χ1v) is 8.24. The predicted molar refractivity (Wildman–Crippen MR) is 93.3 cm³/mol. The molecule has 0 heterocycles. The number of rotatable bonds is 9. The van der Waals surface area contributed by atoms with Gasteiger partial charge in [-0.25, -0.2) is 0 Å². The summed E-state index contributed by atoms with van der Waals surface area (Å²) >= 11 is 0. The molecule has 22 heavy (non-hydrogen) atoms. The topological polar surface area (TPSA) is 21.3 Å². The molecule has 2 aromatic rings. The molecule has 2 rings (SSSR count). The molecule has 0 aliphatic heterocycles. The molecule has 0 radical (unpaired) electrons. The van der Waals surface area contributed by atoms with Crippen molar-refractivity contribution in [2.75, 3.05) is 19.8 Å². The van der Waals surface area contributed by atoms with E-state index < -0.39 is 0 Å². The molecule has 0 amide bonds. The number of hydrogen-bond acceptors (Lipinski definition) is 2. The van der Waals surface area contributed by atoms with Crippen molar-refractivity contribution in [1.29, 1.82) is 0 Å².